The molecule has 0 amide bonds. The van der Waals surface area contributed by atoms with Gasteiger partial charge in [-0.3, -0.25) is 9.39 Å². The quantitative estimate of drug-likeness (QED) is 0.786. The first kappa shape index (κ1) is 20.4. The van der Waals surface area contributed by atoms with Crippen molar-refractivity contribution in [3.05, 3.63) is 29.8 Å². The van der Waals surface area contributed by atoms with E-state index in [1.165, 1.54) is 12.1 Å². The highest BCUT2D eigenvalue weighted by molar-refractivity contribution is 7.85. The molecule has 1 saturated heterocycles. The van der Waals surface area contributed by atoms with E-state index in [1.807, 2.05) is 0 Å². The summed E-state index contributed by atoms with van der Waals surface area (Å²) in [4.78, 5) is 6.15. The van der Waals surface area contributed by atoms with Gasteiger partial charge in [-0.1, -0.05) is 26.0 Å². The Balaban J connectivity index is 2.07. The first-order valence-corrected chi connectivity index (χ1v) is 10.3. The Hall–Kier alpha value is -0.950. The van der Waals surface area contributed by atoms with E-state index in [2.05, 4.69) is 46.6 Å². The second-order valence-corrected chi connectivity index (χ2v) is 10.1. The molecule has 1 N–H and O–H groups in total. The lowest BCUT2D eigenvalue weighted by Gasteiger charge is -2.53. The van der Waals surface area contributed by atoms with Gasteiger partial charge < -0.3 is 0 Å². The highest BCUT2D eigenvalue weighted by atomic mass is 32.2. The summed E-state index contributed by atoms with van der Waals surface area (Å²) in [5.74, 6) is 0.775. The maximum atomic E-state index is 11.1. The highest BCUT2D eigenvalue weighted by Crippen LogP contribution is 2.41. The average Bonchev–Trinajstić information content (AvgIpc) is 2.43. The van der Waals surface area contributed by atoms with Gasteiger partial charge >= 0.3 is 0 Å². The fraction of sp³-hybridized carbons (Fsp3) is 0.684. The number of rotatable bonds is 5. The van der Waals surface area contributed by atoms with Crippen molar-refractivity contribution < 1.29 is 17.8 Å². The minimum absolute atomic E-state index is 0.0320. The molecule has 1 heterocycles. The number of hydrogen-bond donors (Lipinski definition) is 1. The van der Waals surface area contributed by atoms with E-state index in [1.54, 1.807) is 12.1 Å². The summed E-state index contributed by atoms with van der Waals surface area (Å²) < 4.78 is 31.3. The zero-order valence-corrected chi connectivity index (χ0v) is 16.9. The second-order valence-electron chi connectivity index (χ2n) is 8.67. The largest absolute Gasteiger partial charge is 0.297 e. The standard InChI is InChI=1S/C19H31NO4S/c1-14-11-18(3,4)20(19(5,6)12-14)24-13-15(2)16-7-9-17(10-8-16)25(21,22)23/h7-10,14-15H,11-13H2,1-6H3,(H,21,22,23). The first-order chi connectivity index (χ1) is 11.3. The van der Waals surface area contributed by atoms with Crippen LogP contribution in [0.2, 0.25) is 0 Å². The third-order valence-corrected chi connectivity index (χ3v) is 5.86. The van der Waals surface area contributed by atoms with Crippen LogP contribution in [0.5, 0.6) is 0 Å². The fourth-order valence-corrected chi connectivity index (χ4v) is 4.84. The summed E-state index contributed by atoms with van der Waals surface area (Å²) in [7, 11) is -4.15. The van der Waals surface area contributed by atoms with Crippen LogP contribution in [-0.4, -0.2) is 35.7 Å². The van der Waals surface area contributed by atoms with Crippen molar-refractivity contribution in [3.63, 3.8) is 0 Å². The van der Waals surface area contributed by atoms with Gasteiger partial charge in [0.15, 0.2) is 0 Å². The van der Waals surface area contributed by atoms with Crippen LogP contribution < -0.4 is 0 Å². The van der Waals surface area contributed by atoms with Crippen molar-refractivity contribution in [1.29, 1.82) is 0 Å². The van der Waals surface area contributed by atoms with Gasteiger partial charge in [0, 0.05) is 17.0 Å². The Kier molecular flexibility index (Phi) is 5.69. The average molecular weight is 370 g/mol. The Labute approximate surface area is 152 Å². The zero-order valence-electron chi connectivity index (χ0n) is 16.1. The molecule has 25 heavy (non-hydrogen) atoms. The second kappa shape index (κ2) is 6.99. The van der Waals surface area contributed by atoms with Crippen molar-refractivity contribution in [3.8, 4) is 0 Å². The van der Waals surface area contributed by atoms with Crippen molar-refractivity contribution in [1.82, 2.24) is 5.06 Å². The highest BCUT2D eigenvalue weighted by Gasteiger charge is 2.45. The summed E-state index contributed by atoms with van der Waals surface area (Å²) in [5.41, 5.74) is 0.916. The topological polar surface area (TPSA) is 66.8 Å². The Bertz CT molecular complexity index is 677. The summed E-state index contributed by atoms with van der Waals surface area (Å²) >= 11 is 0. The molecular weight excluding hydrogens is 338 g/mol. The van der Waals surface area contributed by atoms with Crippen LogP contribution >= 0.6 is 0 Å². The van der Waals surface area contributed by atoms with Crippen molar-refractivity contribution in [2.45, 2.75) is 76.3 Å². The Morgan fingerprint density at radius 1 is 1.16 bits per heavy atom. The number of nitrogens with zero attached hydrogens (tertiary/aromatic N) is 1. The van der Waals surface area contributed by atoms with E-state index in [0.29, 0.717) is 12.5 Å². The number of hydroxylamine groups is 2. The minimum atomic E-state index is -4.15. The molecule has 0 aromatic heterocycles. The van der Waals surface area contributed by atoms with E-state index < -0.39 is 10.1 Å². The van der Waals surface area contributed by atoms with Crippen LogP contribution in [0.4, 0.5) is 0 Å². The van der Waals surface area contributed by atoms with Crippen LogP contribution in [0, 0.1) is 5.92 Å². The molecule has 0 spiro atoms. The van der Waals surface area contributed by atoms with E-state index in [9.17, 15) is 8.42 Å². The molecule has 0 bridgehead atoms. The van der Waals surface area contributed by atoms with Gasteiger partial charge in [0.05, 0.1) is 11.5 Å². The molecule has 1 unspecified atom stereocenters. The fourth-order valence-electron chi connectivity index (χ4n) is 4.36. The van der Waals surface area contributed by atoms with Crippen molar-refractivity contribution in [2.75, 3.05) is 6.61 Å². The predicted molar refractivity (Wildman–Crippen MR) is 99.0 cm³/mol. The van der Waals surface area contributed by atoms with Crippen molar-refractivity contribution >= 4 is 10.1 Å². The molecule has 2 rings (SSSR count). The van der Waals surface area contributed by atoms with Gasteiger partial charge in [-0.05, 0) is 64.2 Å². The predicted octanol–water partition coefficient (Wildman–Crippen LogP) is 4.26. The Morgan fingerprint density at radius 2 is 1.64 bits per heavy atom. The molecule has 1 fully saturated rings. The molecular formula is C19H31NO4S. The van der Waals surface area contributed by atoms with Gasteiger partial charge in [-0.15, -0.1) is 0 Å². The van der Waals surface area contributed by atoms with Gasteiger partial charge in [-0.25, -0.2) is 0 Å². The summed E-state index contributed by atoms with van der Waals surface area (Å²) in [6, 6.07) is 6.31. The van der Waals surface area contributed by atoms with Crippen LogP contribution in [0.1, 0.15) is 65.9 Å². The maximum absolute atomic E-state index is 11.1. The van der Waals surface area contributed by atoms with Crippen molar-refractivity contribution in [2.24, 2.45) is 5.92 Å². The molecule has 1 aliphatic heterocycles. The molecule has 1 aromatic carbocycles. The molecule has 6 heteroatoms. The van der Waals surface area contributed by atoms with Crippen LogP contribution in [0.3, 0.4) is 0 Å². The number of hydrogen-bond acceptors (Lipinski definition) is 4. The Morgan fingerprint density at radius 3 is 2.08 bits per heavy atom. The normalized spacial score (nSPS) is 22.7. The lowest BCUT2D eigenvalue weighted by atomic mass is 9.76. The zero-order chi connectivity index (χ0) is 19.0. The molecule has 1 aromatic rings. The van der Waals surface area contributed by atoms with Crippen LogP contribution in [-0.2, 0) is 15.0 Å². The third kappa shape index (κ3) is 4.82. The first-order valence-electron chi connectivity index (χ1n) is 8.84. The van der Waals surface area contributed by atoms with Gasteiger partial charge in [0.1, 0.15) is 0 Å². The summed E-state index contributed by atoms with van der Waals surface area (Å²) in [5, 5.41) is 2.14. The van der Waals surface area contributed by atoms with Crippen LogP contribution in [0.15, 0.2) is 29.2 Å². The summed E-state index contributed by atoms with van der Waals surface area (Å²) in [6.45, 7) is 13.7. The van der Waals surface area contributed by atoms with Gasteiger partial charge in [0.25, 0.3) is 10.1 Å². The molecule has 5 nitrogen and oxygen atoms in total. The number of piperidine rings is 1. The van der Waals surface area contributed by atoms with Crippen LogP contribution in [0.25, 0.3) is 0 Å². The minimum Gasteiger partial charge on any atom is -0.297 e. The molecule has 1 aliphatic rings. The van der Waals surface area contributed by atoms with E-state index in [0.717, 1.165) is 18.4 Å². The van der Waals surface area contributed by atoms with Gasteiger partial charge in [-0.2, -0.15) is 13.5 Å². The lowest BCUT2D eigenvalue weighted by Crippen LogP contribution is -2.60. The third-order valence-electron chi connectivity index (χ3n) is 5.00. The van der Waals surface area contributed by atoms with E-state index >= 15 is 0 Å². The SMILES string of the molecule is CC1CC(C)(C)N(OCC(C)c2ccc(S(=O)(=O)O)cc2)C(C)(C)C1. The maximum Gasteiger partial charge on any atom is 0.294 e. The molecule has 0 radical (unpaired) electrons. The smallest absolute Gasteiger partial charge is 0.294 e. The molecule has 142 valence electrons. The molecule has 0 saturated carbocycles. The summed E-state index contributed by atoms with van der Waals surface area (Å²) in [6.07, 6.45) is 2.18. The number of benzene rings is 1. The molecule has 1 atom stereocenters. The van der Waals surface area contributed by atoms with E-state index in [-0.39, 0.29) is 21.9 Å². The molecule has 0 aliphatic carbocycles. The van der Waals surface area contributed by atoms with Gasteiger partial charge in [0.2, 0.25) is 0 Å². The lowest BCUT2D eigenvalue weighted by molar-refractivity contribution is -0.288. The van der Waals surface area contributed by atoms with E-state index in [4.69, 9.17) is 9.39 Å². The monoisotopic (exact) mass is 369 g/mol.